The molecule has 0 aliphatic carbocycles. The normalized spacial score (nSPS) is 15.9. The van der Waals surface area contributed by atoms with Gasteiger partial charge in [0.05, 0.1) is 17.6 Å². The molecule has 0 amide bonds. The van der Waals surface area contributed by atoms with Gasteiger partial charge < -0.3 is 15.6 Å². The van der Waals surface area contributed by atoms with Gasteiger partial charge in [-0.2, -0.15) is 0 Å². The number of aromatic nitrogens is 2. The first-order valence-electron chi connectivity index (χ1n) is 13.1. The SMILES string of the molecule is CC(CN=C(N)N1CCC(n2c(=O)[nH]c3ccccc32)CC1)N(Cc1ccccc1)Cc1ccccc1. The van der Waals surface area contributed by atoms with Crippen molar-refractivity contribution in [3.05, 3.63) is 107 Å². The molecule has 3 aromatic carbocycles. The monoisotopic (exact) mass is 496 g/mol. The van der Waals surface area contributed by atoms with E-state index in [-0.39, 0.29) is 17.8 Å². The van der Waals surface area contributed by atoms with Crippen LogP contribution in [0.2, 0.25) is 0 Å². The van der Waals surface area contributed by atoms with Crippen LogP contribution in [0.4, 0.5) is 0 Å². The summed E-state index contributed by atoms with van der Waals surface area (Å²) in [5.74, 6) is 0.593. The standard InChI is InChI=1S/C30H36N6O/c1-23(35(21-24-10-4-2-5-11-24)22-25-12-6-3-7-13-25)20-32-29(31)34-18-16-26(17-19-34)36-28-15-9-8-14-27(28)33-30(36)37/h2-15,23,26H,16-22H2,1H3,(H2,31,32)(H,33,37). The Balaban J connectivity index is 1.22. The Kier molecular flexibility index (Phi) is 7.70. The van der Waals surface area contributed by atoms with E-state index in [1.807, 2.05) is 28.8 Å². The summed E-state index contributed by atoms with van der Waals surface area (Å²) < 4.78 is 1.91. The highest BCUT2D eigenvalue weighted by Gasteiger charge is 2.24. The highest BCUT2D eigenvalue weighted by atomic mass is 16.1. The lowest BCUT2D eigenvalue weighted by molar-refractivity contribution is 0.194. The number of likely N-dealkylation sites (tertiary alicyclic amines) is 1. The smallest absolute Gasteiger partial charge is 0.326 e. The summed E-state index contributed by atoms with van der Waals surface area (Å²) in [4.78, 5) is 25.0. The number of para-hydroxylation sites is 2. The summed E-state index contributed by atoms with van der Waals surface area (Å²) in [7, 11) is 0. The fraction of sp³-hybridized carbons (Fsp3) is 0.333. The number of benzene rings is 3. The van der Waals surface area contributed by atoms with Gasteiger partial charge in [-0.25, -0.2) is 4.79 Å². The van der Waals surface area contributed by atoms with Crippen molar-refractivity contribution >= 4 is 17.0 Å². The molecular formula is C30H36N6O. The molecule has 192 valence electrons. The highest BCUT2D eigenvalue weighted by Crippen LogP contribution is 2.24. The summed E-state index contributed by atoms with van der Waals surface area (Å²) >= 11 is 0. The van der Waals surface area contributed by atoms with E-state index >= 15 is 0 Å². The molecule has 1 aliphatic heterocycles. The van der Waals surface area contributed by atoms with Gasteiger partial charge in [-0.05, 0) is 43.0 Å². The molecule has 1 aromatic heterocycles. The van der Waals surface area contributed by atoms with E-state index < -0.39 is 0 Å². The molecule has 4 aromatic rings. The van der Waals surface area contributed by atoms with Gasteiger partial charge >= 0.3 is 5.69 Å². The summed E-state index contributed by atoms with van der Waals surface area (Å²) in [5.41, 5.74) is 10.9. The Labute approximate surface area is 218 Å². The fourth-order valence-electron chi connectivity index (χ4n) is 5.23. The quantitative estimate of drug-likeness (QED) is 0.280. The minimum absolute atomic E-state index is 0.0352. The number of imidazole rings is 1. The van der Waals surface area contributed by atoms with Crippen LogP contribution in [0.15, 0.2) is 94.7 Å². The van der Waals surface area contributed by atoms with Crippen molar-refractivity contribution in [1.29, 1.82) is 0 Å². The third-order valence-electron chi connectivity index (χ3n) is 7.38. The molecule has 1 fully saturated rings. The average molecular weight is 497 g/mol. The number of hydrogen-bond acceptors (Lipinski definition) is 3. The maximum absolute atomic E-state index is 12.6. The average Bonchev–Trinajstić information content (AvgIpc) is 3.28. The third-order valence-corrected chi connectivity index (χ3v) is 7.38. The number of nitrogens with zero attached hydrogens (tertiary/aromatic N) is 4. The summed E-state index contributed by atoms with van der Waals surface area (Å²) in [5, 5.41) is 0. The summed E-state index contributed by atoms with van der Waals surface area (Å²) in [6.45, 7) is 6.15. The molecule has 0 bridgehead atoms. The van der Waals surface area contributed by atoms with Crippen LogP contribution < -0.4 is 11.4 Å². The second-order valence-electron chi connectivity index (χ2n) is 9.96. The molecule has 0 radical (unpaired) electrons. The number of piperidine rings is 1. The maximum atomic E-state index is 12.6. The van der Waals surface area contributed by atoms with Crippen LogP contribution in [-0.4, -0.2) is 51.0 Å². The Bertz CT molecular complexity index is 1330. The number of nitrogens with two attached hydrogens (primary N) is 1. The van der Waals surface area contributed by atoms with E-state index in [1.54, 1.807) is 0 Å². The lowest BCUT2D eigenvalue weighted by Gasteiger charge is -2.33. The first-order chi connectivity index (χ1) is 18.1. The van der Waals surface area contributed by atoms with Crippen LogP contribution in [0, 0.1) is 0 Å². The lowest BCUT2D eigenvalue weighted by Crippen LogP contribution is -2.45. The Morgan fingerprint density at radius 1 is 0.946 bits per heavy atom. The number of aliphatic imine (C=N–C) groups is 1. The third kappa shape index (κ3) is 5.94. The fourth-order valence-corrected chi connectivity index (χ4v) is 5.23. The second kappa shape index (κ2) is 11.5. The van der Waals surface area contributed by atoms with Gasteiger partial charge in [0.25, 0.3) is 0 Å². The van der Waals surface area contributed by atoms with Crippen molar-refractivity contribution in [3.8, 4) is 0 Å². The minimum atomic E-state index is -0.0352. The van der Waals surface area contributed by atoms with Crippen molar-refractivity contribution in [2.45, 2.75) is 44.9 Å². The molecule has 37 heavy (non-hydrogen) atoms. The van der Waals surface area contributed by atoms with Crippen LogP contribution in [0.25, 0.3) is 11.0 Å². The summed E-state index contributed by atoms with van der Waals surface area (Å²) in [6, 6.07) is 29.4. The molecule has 7 heteroatoms. The van der Waals surface area contributed by atoms with E-state index in [9.17, 15) is 4.79 Å². The van der Waals surface area contributed by atoms with E-state index in [2.05, 4.69) is 82.4 Å². The largest absolute Gasteiger partial charge is 0.370 e. The van der Waals surface area contributed by atoms with Crippen molar-refractivity contribution < 1.29 is 0 Å². The minimum Gasteiger partial charge on any atom is -0.370 e. The first-order valence-corrected chi connectivity index (χ1v) is 13.1. The van der Waals surface area contributed by atoms with E-state index in [1.165, 1.54) is 11.1 Å². The van der Waals surface area contributed by atoms with Crippen LogP contribution in [0.3, 0.4) is 0 Å². The van der Waals surface area contributed by atoms with Crippen LogP contribution in [0.1, 0.15) is 36.9 Å². The van der Waals surface area contributed by atoms with Gasteiger partial charge in [-0.3, -0.25) is 14.5 Å². The van der Waals surface area contributed by atoms with Gasteiger partial charge in [0.2, 0.25) is 0 Å². The van der Waals surface area contributed by atoms with E-state index in [0.29, 0.717) is 12.5 Å². The first kappa shape index (κ1) is 24.8. The number of H-pyrrole nitrogens is 1. The van der Waals surface area contributed by atoms with Crippen molar-refractivity contribution in [2.75, 3.05) is 19.6 Å². The Morgan fingerprint density at radius 2 is 1.51 bits per heavy atom. The van der Waals surface area contributed by atoms with Crippen molar-refractivity contribution in [2.24, 2.45) is 10.7 Å². The molecule has 7 nitrogen and oxygen atoms in total. The zero-order valence-corrected chi connectivity index (χ0v) is 21.5. The Morgan fingerprint density at radius 3 is 2.14 bits per heavy atom. The van der Waals surface area contributed by atoms with Gasteiger partial charge in [-0.15, -0.1) is 0 Å². The lowest BCUT2D eigenvalue weighted by atomic mass is 10.0. The molecular weight excluding hydrogens is 460 g/mol. The predicted molar refractivity (Wildman–Crippen MR) is 150 cm³/mol. The van der Waals surface area contributed by atoms with Crippen LogP contribution in [-0.2, 0) is 13.1 Å². The van der Waals surface area contributed by atoms with Gasteiger partial charge in [0.15, 0.2) is 5.96 Å². The molecule has 3 N–H and O–H groups in total. The second-order valence-corrected chi connectivity index (χ2v) is 9.96. The molecule has 0 saturated carbocycles. The van der Waals surface area contributed by atoms with Gasteiger partial charge in [0.1, 0.15) is 0 Å². The van der Waals surface area contributed by atoms with Crippen molar-refractivity contribution in [3.63, 3.8) is 0 Å². The van der Waals surface area contributed by atoms with Crippen molar-refractivity contribution in [1.82, 2.24) is 19.4 Å². The number of aromatic amines is 1. The van der Waals surface area contributed by atoms with Gasteiger partial charge in [-0.1, -0.05) is 72.8 Å². The Hall–Kier alpha value is -3.84. The molecule has 1 unspecified atom stereocenters. The van der Waals surface area contributed by atoms with Crippen LogP contribution >= 0.6 is 0 Å². The molecule has 1 atom stereocenters. The van der Waals surface area contributed by atoms with E-state index in [0.717, 1.165) is 50.1 Å². The summed E-state index contributed by atoms with van der Waals surface area (Å²) in [6.07, 6.45) is 1.73. The van der Waals surface area contributed by atoms with Gasteiger partial charge in [0, 0.05) is 38.3 Å². The van der Waals surface area contributed by atoms with Crippen LogP contribution in [0.5, 0.6) is 0 Å². The number of rotatable bonds is 8. The molecule has 1 aliphatic rings. The van der Waals surface area contributed by atoms with E-state index in [4.69, 9.17) is 10.7 Å². The molecule has 5 rings (SSSR count). The number of guanidine groups is 1. The molecule has 2 heterocycles. The predicted octanol–water partition coefficient (Wildman–Crippen LogP) is 4.37. The number of fused-ring (bicyclic) bond motifs is 1. The maximum Gasteiger partial charge on any atom is 0.326 e. The zero-order valence-electron chi connectivity index (χ0n) is 21.5. The number of hydrogen-bond donors (Lipinski definition) is 2. The zero-order chi connectivity index (χ0) is 25.6. The molecule has 1 saturated heterocycles. The number of nitrogens with one attached hydrogen (secondary N) is 1. The molecule has 0 spiro atoms. The highest BCUT2D eigenvalue weighted by molar-refractivity contribution is 5.78. The topological polar surface area (TPSA) is 82.6 Å².